The summed E-state index contributed by atoms with van der Waals surface area (Å²) >= 11 is 1.01. The zero-order valence-electron chi connectivity index (χ0n) is 9.30. The first kappa shape index (κ1) is 12.8. The quantitative estimate of drug-likeness (QED) is 0.860. The Kier molecular flexibility index (Phi) is 3.48. The number of aryl methyl sites for hydroxylation is 1. The molecule has 96 valence electrons. The molecule has 0 aliphatic rings. The molecule has 1 N–H and O–H groups in total. The lowest BCUT2D eigenvalue weighted by Gasteiger charge is -2.00. The fourth-order valence-corrected chi connectivity index (χ4v) is 2.33. The summed E-state index contributed by atoms with van der Waals surface area (Å²) in [7, 11) is 1.54. The van der Waals surface area contributed by atoms with Crippen LogP contribution in [0.4, 0.5) is 8.78 Å². The van der Waals surface area contributed by atoms with E-state index >= 15 is 0 Å². The van der Waals surface area contributed by atoms with Gasteiger partial charge in [0.05, 0.1) is 11.8 Å². The number of nitrogens with zero attached hydrogens (tertiary/aromatic N) is 3. The molecular formula is C10H9F2N3O2S. The van der Waals surface area contributed by atoms with Crippen LogP contribution in [0, 0.1) is 0 Å². The highest BCUT2D eigenvalue weighted by atomic mass is 32.1. The average molecular weight is 273 g/mol. The predicted octanol–water partition coefficient (Wildman–Crippen LogP) is 1.66. The maximum absolute atomic E-state index is 12.4. The molecule has 2 rings (SSSR count). The van der Waals surface area contributed by atoms with Gasteiger partial charge in [-0.2, -0.15) is 5.10 Å². The number of ketones is 1. The van der Waals surface area contributed by atoms with Gasteiger partial charge in [0, 0.05) is 12.4 Å². The molecule has 0 unspecified atom stereocenters. The van der Waals surface area contributed by atoms with Crippen LogP contribution in [0.5, 0.6) is 0 Å². The SMILES string of the molecule is Cn1ncc(-c2nc(C(F)F)cs2)c1C(=O)CO. The molecule has 0 amide bonds. The molecular weight excluding hydrogens is 264 g/mol. The summed E-state index contributed by atoms with van der Waals surface area (Å²) in [5, 5.41) is 14.3. The van der Waals surface area contributed by atoms with Crippen LogP contribution >= 0.6 is 11.3 Å². The molecule has 0 bridgehead atoms. The van der Waals surface area contributed by atoms with Crippen molar-refractivity contribution in [3.05, 3.63) is 23.0 Å². The van der Waals surface area contributed by atoms with Crippen LogP contribution < -0.4 is 0 Å². The topological polar surface area (TPSA) is 68.0 Å². The number of carbonyl (C=O) groups excluding carboxylic acids is 1. The van der Waals surface area contributed by atoms with E-state index in [1.165, 1.54) is 23.3 Å². The molecule has 0 atom stereocenters. The zero-order valence-corrected chi connectivity index (χ0v) is 10.1. The molecule has 0 saturated heterocycles. The monoisotopic (exact) mass is 273 g/mol. The van der Waals surface area contributed by atoms with Crippen LogP contribution in [0.3, 0.4) is 0 Å². The van der Waals surface area contributed by atoms with Crippen molar-refractivity contribution in [3.63, 3.8) is 0 Å². The average Bonchev–Trinajstić information content (AvgIpc) is 2.94. The number of halogens is 2. The zero-order chi connectivity index (χ0) is 13.3. The second-order valence-electron chi connectivity index (χ2n) is 3.49. The summed E-state index contributed by atoms with van der Waals surface area (Å²) in [6, 6.07) is 0. The number of hydrogen-bond donors (Lipinski definition) is 1. The van der Waals surface area contributed by atoms with Crippen LogP contribution in [-0.2, 0) is 7.05 Å². The number of carbonyl (C=O) groups is 1. The second kappa shape index (κ2) is 4.91. The molecule has 8 heteroatoms. The summed E-state index contributed by atoms with van der Waals surface area (Å²) in [6.07, 6.45) is -1.28. The van der Waals surface area contributed by atoms with E-state index in [0.29, 0.717) is 5.56 Å². The normalized spacial score (nSPS) is 11.2. The molecule has 0 spiro atoms. The molecule has 0 aromatic carbocycles. The Morgan fingerprint density at radius 1 is 1.61 bits per heavy atom. The van der Waals surface area contributed by atoms with Gasteiger partial charge < -0.3 is 5.11 Å². The number of rotatable bonds is 4. The third-order valence-corrected chi connectivity index (χ3v) is 3.22. The number of Topliss-reactive ketones (excluding diaryl/α,β-unsaturated/α-hetero) is 1. The van der Waals surface area contributed by atoms with Crippen LogP contribution in [0.1, 0.15) is 22.6 Å². The standard InChI is InChI=1S/C10H9F2N3O2S/c1-15-8(7(17)3-16)5(2-13-15)10-14-6(4-18-10)9(11)12/h2,4,9,16H,3H2,1H3. The number of alkyl halides is 2. The molecule has 0 fully saturated rings. The minimum atomic E-state index is -2.65. The Hall–Kier alpha value is -1.67. The van der Waals surface area contributed by atoms with Gasteiger partial charge in [-0.15, -0.1) is 11.3 Å². The van der Waals surface area contributed by atoms with Crippen molar-refractivity contribution in [1.82, 2.24) is 14.8 Å². The molecule has 18 heavy (non-hydrogen) atoms. The largest absolute Gasteiger partial charge is 0.388 e. The van der Waals surface area contributed by atoms with Crippen LogP contribution in [0.25, 0.3) is 10.6 Å². The van der Waals surface area contributed by atoms with E-state index in [1.807, 2.05) is 0 Å². The number of hydrogen-bond acceptors (Lipinski definition) is 5. The van der Waals surface area contributed by atoms with E-state index in [-0.39, 0.29) is 16.4 Å². The van der Waals surface area contributed by atoms with Crippen molar-refractivity contribution in [2.75, 3.05) is 6.61 Å². The summed E-state index contributed by atoms with van der Waals surface area (Å²) in [6.45, 7) is -0.667. The van der Waals surface area contributed by atoms with Crippen molar-refractivity contribution < 1.29 is 18.7 Å². The Morgan fingerprint density at radius 2 is 2.33 bits per heavy atom. The first-order chi connectivity index (χ1) is 8.54. The summed E-state index contributed by atoms with van der Waals surface area (Å²) in [4.78, 5) is 15.3. The lowest BCUT2D eigenvalue weighted by molar-refractivity contribution is 0.0895. The van der Waals surface area contributed by atoms with Crippen LogP contribution in [-0.4, -0.2) is 32.3 Å². The van der Waals surface area contributed by atoms with E-state index in [1.54, 1.807) is 0 Å². The fourth-order valence-electron chi connectivity index (χ4n) is 1.51. The maximum atomic E-state index is 12.4. The minimum Gasteiger partial charge on any atom is -0.388 e. The molecule has 2 aromatic heterocycles. The Morgan fingerprint density at radius 3 is 2.89 bits per heavy atom. The lowest BCUT2D eigenvalue weighted by Crippen LogP contribution is -2.11. The Balaban J connectivity index is 2.47. The molecule has 0 saturated carbocycles. The lowest BCUT2D eigenvalue weighted by atomic mass is 10.2. The van der Waals surface area contributed by atoms with Crippen molar-refractivity contribution >= 4 is 17.1 Å². The molecule has 2 aromatic rings. The highest BCUT2D eigenvalue weighted by Gasteiger charge is 2.21. The summed E-state index contributed by atoms with van der Waals surface area (Å²) in [5.74, 6) is -0.529. The third-order valence-electron chi connectivity index (χ3n) is 2.32. The van der Waals surface area contributed by atoms with Crippen LogP contribution in [0.15, 0.2) is 11.6 Å². The molecule has 0 aliphatic heterocycles. The highest BCUT2D eigenvalue weighted by molar-refractivity contribution is 7.13. The van der Waals surface area contributed by atoms with Gasteiger partial charge in [-0.1, -0.05) is 0 Å². The number of aliphatic hydroxyl groups is 1. The van der Waals surface area contributed by atoms with Gasteiger partial charge in [-0.25, -0.2) is 13.8 Å². The molecule has 2 heterocycles. The van der Waals surface area contributed by atoms with Gasteiger partial charge >= 0.3 is 0 Å². The smallest absolute Gasteiger partial charge is 0.281 e. The molecule has 5 nitrogen and oxygen atoms in total. The second-order valence-corrected chi connectivity index (χ2v) is 4.35. The van der Waals surface area contributed by atoms with Gasteiger partial charge in [0.15, 0.2) is 0 Å². The van der Waals surface area contributed by atoms with Gasteiger partial charge in [0.25, 0.3) is 6.43 Å². The third kappa shape index (κ3) is 2.16. The van der Waals surface area contributed by atoms with Gasteiger partial charge in [-0.05, 0) is 0 Å². The number of aromatic nitrogens is 3. The first-order valence-electron chi connectivity index (χ1n) is 4.94. The molecule has 0 radical (unpaired) electrons. The highest BCUT2D eigenvalue weighted by Crippen LogP contribution is 2.30. The minimum absolute atomic E-state index is 0.160. The Labute approximate surface area is 105 Å². The first-order valence-corrected chi connectivity index (χ1v) is 5.82. The molecule has 0 aliphatic carbocycles. The van der Waals surface area contributed by atoms with Crippen molar-refractivity contribution in [3.8, 4) is 10.6 Å². The maximum Gasteiger partial charge on any atom is 0.281 e. The van der Waals surface area contributed by atoms with Gasteiger partial charge in [-0.3, -0.25) is 9.48 Å². The van der Waals surface area contributed by atoms with Crippen LogP contribution in [0.2, 0.25) is 0 Å². The number of aliphatic hydroxyl groups excluding tert-OH is 1. The van der Waals surface area contributed by atoms with Gasteiger partial charge in [0.1, 0.15) is 23.0 Å². The Bertz CT molecular complexity index is 579. The van der Waals surface area contributed by atoms with Crippen molar-refractivity contribution in [2.24, 2.45) is 7.05 Å². The van der Waals surface area contributed by atoms with E-state index in [4.69, 9.17) is 5.11 Å². The predicted molar refractivity (Wildman–Crippen MR) is 60.7 cm³/mol. The number of thiazole rings is 1. The van der Waals surface area contributed by atoms with E-state index < -0.39 is 18.8 Å². The van der Waals surface area contributed by atoms with Gasteiger partial charge in [0.2, 0.25) is 5.78 Å². The van der Waals surface area contributed by atoms with E-state index in [2.05, 4.69) is 10.1 Å². The fraction of sp³-hybridized carbons (Fsp3) is 0.300. The van der Waals surface area contributed by atoms with E-state index in [0.717, 1.165) is 11.3 Å². The summed E-state index contributed by atoms with van der Waals surface area (Å²) in [5.41, 5.74) is 0.183. The van der Waals surface area contributed by atoms with Crippen molar-refractivity contribution in [1.29, 1.82) is 0 Å². The van der Waals surface area contributed by atoms with E-state index in [9.17, 15) is 13.6 Å². The summed E-state index contributed by atoms with van der Waals surface area (Å²) < 4.78 is 26.2. The van der Waals surface area contributed by atoms with Crippen molar-refractivity contribution in [2.45, 2.75) is 6.43 Å².